The largest absolute Gasteiger partial charge is 0.384 e. The second-order valence-corrected chi connectivity index (χ2v) is 4.79. The summed E-state index contributed by atoms with van der Waals surface area (Å²) < 4.78 is 6.93. The summed E-state index contributed by atoms with van der Waals surface area (Å²) in [5, 5.41) is 2.89. The van der Waals surface area contributed by atoms with E-state index in [9.17, 15) is 4.79 Å². The van der Waals surface area contributed by atoms with Crippen molar-refractivity contribution in [3.05, 3.63) is 36.7 Å². The molecule has 106 valence electrons. The minimum Gasteiger partial charge on any atom is -0.384 e. The molecule has 2 aromatic rings. The molecule has 1 atom stereocenters. The van der Waals surface area contributed by atoms with Gasteiger partial charge < -0.3 is 14.6 Å². The Bertz CT molecular complexity index is 592. The average Bonchev–Trinajstić information content (AvgIpc) is 2.85. The number of benzene rings is 1. The quantitative estimate of drug-likeness (QED) is 0.909. The Morgan fingerprint density at radius 1 is 1.50 bits per heavy atom. The maximum atomic E-state index is 12.0. The lowest BCUT2D eigenvalue weighted by atomic mass is 10.1. The van der Waals surface area contributed by atoms with Crippen LogP contribution in [-0.2, 0) is 16.6 Å². The average molecular weight is 273 g/mol. The molecule has 1 heterocycles. The molecule has 1 unspecified atom stereocenters. The zero-order valence-electron chi connectivity index (χ0n) is 12.0. The highest BCUT2D eigenvalue weighted by Crippen LogP contribution is 2.21. The van der Waals surface area contributed by atoms with Crippen molar-refractivity contribution in [2.45, 2.75) is 6.92 Å². The summed E-state index contributed by atoms with van der Waals surface area (Å²) in [5.41, 5.74) is 1.73. The van der Waals surface area contributed by atoms with E-state index < -0.39 is 0 Å². The summed E-state index contributed by atoms with van der Waals surface area (Å²) in [6, 6.07) is 7.65. The Labute approximate surface area is 118 Å². The van der Waals surface area contributed by atoms with Crippen molar-refractivity contribution >= 4 is 11.6 Å². The van der Waals surface area contributed by atoms with Gasteiger partial charge >= 0.3 is 0 Å². The van der Waals surface area contributed by atoms with E-state index in [2.05, 4.69) is 10.3 Å². The van der Waals surface area contributed by atoms with Crippen LogP contribution < -0.4 is 5.32 Å². The van der Waals surface area contributed by atoms with Crippen LogP contribution in [0, 0.1) is 5.92 Å². The number of ether oxygens (including phenoxy) is 1. The van der Waals surface area contributed by atoms with Crippen LogP contribution in [0.2, 0.25) is 0 Å². The number of carbonyl (C=O) groups excluding carboxylic acids is 1. The first-order chi connectivity index (χ1) is 9.61. The topological polar surface area (TPSA) is 56.1 Å². The van der Waals surface area contributed by atoms with E-state index >= 15 is 0 Å². The first-order valence-electron chi connectivity index (χ1n) is 6.49. The fourth-order valence-electron chi connectivity index (χ4n) is 1.97. The van der Waals surface area contributed by atoms with Crippen molar-refractivity contribution in [1.82, 2.24) is 9.55 Å². The standard InChI is InChI=1S/C15H19N3O2/c1-11(10-20-3)15(19)17-13-6-4-5-12(9-13)14-16-7-8-18(14)2/h4-9,11H,10H2,1-3H3,(H,17,19). The van der Waals surface area contributed by atoms with Crippen molar-refractivity contribution in [3.63, 3.8) is 0 Å². The van der Waals surface area contributed by atoms with Gasteiger partial charge in [-0.15, -0.1) is 0 Å². The Kier molecular flexibility index (Phi) is 4.53. The second-order valence-electron chi connectivity index (χ2n) is 4.79. The van der Waals surface area contributed by atoms with Gasteiger partial charge in [0, 0.05) is 37.8 Å². The second kappa shape index (κ2) is 6.34. The van der Waals surface area contributed by atoms with Crippen molar-refractivity contribution in [1.29, 1.82) is 0 Å². The van der Waals surface area contributed by atoms with E-state index in [-0.39, 0.29) is 11.8 Å². The van der Waals surface area contributed by atoms with Crippen LogP contribution >= 0.6 is 0 Å². The number of carbonyl (C=O) groups is 1. The molecule has 0 spiro atoms. The van der Waals surface area contributed by atoms with Crippen LogP contribution in [0.5, 0.6) is 0 Å². The third-order valence-electron chi connectivity index (χ3n) is 3.07. The molecule has 0 radical (unpaired) electrons. The molecular weight excluding hydrogens is 254 g/mol. The van der Waals surface area contributed by atoms with E-state index in [1.165, 1.54) is 0 Å². The highest BCUT2D eigenvalue weighted by atomic mass is 16.5. The molecule has 20 heavy (non-hydrogen) atoms. The summed E-state index contributed by atoms with van der Waals surface area (Å²) in [6.07, 6.45) is 3.64. The number of hydrogen-bond donors (Lipinski definition) is 1. The number of imidazole rings is 1. The SMILES string of the molecule is COCC(C)C(=O)Nc1cccc(-c2nccn2C)c1. The number of amides is 1. The van der Waals surface area contributed by atoms with Crippen LogP contribution in [0.3, 0.4) is 0 Å². The number of aryl methyl sites for hydroxylation is 1. The minimum absolute atomic E-state index is 0.0520. The number of nitrogens with zero attached hydrogens (tertiary/aromatic N) is 2. The highest BCUT2D eigenvalue weighted by Gasteiger charge is 2.13. The maximum absolute atomic E-state index is 12.0. The van der Waals surface area contributed by atoms with Gasteiger partial charge in [-0.1, -0.05) is 19.1 Å². The number of methoxy groups -OCH3 is 1. The zero-order chi connectivity index (χ0) is 14.5. The molecule has 1 aromatic heterocycles. The number of nitrogens with one attached hydrogen (secondary N) is 1. The van der Waals surface area contributed by atoms with Gasteiger partial charge in [0.15, 0.2) is 0 Å². The summed E-state index contributed by atoms with van der Waals surface area (Å²) in [6.45, 7) is 2.24. The molecule has 2 rings (SSSR count). The van der Waals surface area contributed by atoms with Crippen LogP contribution in [0.4, 0.5) is 5.69 Å². The summed E-state index contributed by atoms with van der Waals surface area (Å²) in [7, 11) is 3.53. The first kappa shape index (κ1) is 14.3. The molecular formula is C15H19N3O2. The van der Waals surface area contributed by atoms with Gasteiger partial charge in [-0.3, -0.25) is 4.79 Å². The Morgan fingerprint density at radius 3 is 2.95 bits per heavy atom. The third-order valence-corrected chi connectivity index (χ3v) is 3.07. The van der Waals surface area contributed by atoms with E-state index in [0.717, 1.165) is 17.1 Å². The van der Waals surface area contributed by atoms with Gasteiger partial charge in [0.2, 0.25) is 5.91 Å². The van der Waals surface area contributed by atoms with Gasteiger partial charge in [-0.25, -0.2) is 4.98 Å². The highest BCUT2D eigenvalue weighted by molar-refractivity contribution is 5.92. The molecule has 0 fully saturated rings. The smallest absolute Gasteiger partial charge is 0.229 e. The maximum Gasteiger partial charge on any atom is 0.229 e. The zero-order valence-corrected chi connectivity index (χ0v) is 12.0. The molecule has 1 N–H and O–H groups in total. The Hall–Kier alpha value is -2.14. The van der Waals surface area contributed by atoms with Crippen molar-refractivity contribution in [2.24, 2.45) is 13.0 Å². The normalized spacial score (nSPS) is 12.2. The fourth-order valence-corrected chi connectivity index (χ4v) is 1.97. The third kappa shape index (κ3) is 3.24. The molecule has 5 nitrogen and oxygen atoms in total. The van der Waals surface area contributed by atoms with E-state index in [1.54, 1.807) is 13.3 Å². The van der Waals surface area contributed by atoms with Gasteiger partial charge in [0.1, 0.15) is 5.82 Å². The number of anilines is 1. The van der Waals surface area contributed by atoms with Crippen LogP contribution in [0.1, 0.15) is 6.92 Å². The van der Waals surface area contributed by atoms with Gasteiger partial charge in [-0.05, 0) is 12.1 Å². The molecule has 0 aliphatic rings. The predicted octanol–water partition coefficient (Wildman–Crippen LogP) is 2.31. The summed E-state index contributed by atoms with van der Waals surface area (Å²) in [4.78, 5) is 16.3. The number of aromatic nitrogens is 2. The van der Waals surface area contributed by atoms with Crippen LogP contribution in [0.15, 0.2) is 36.7 Å². The lowest BCUT2D eigenvalue weighted by Gasteiger charge is -2.12. The van der Waals surface area contributed by atoms with Gasteiger partial charge in [0.25, 0.3) is 0 Å². The minimum atomic E-state index is -0.184. The van der Waals surface area contributed by atoms with E-state index in [0.29, 0.717) is 6.61 Å². The van der Waals surface area contributed by atoms with Crippen molar-refractivity contribution in [2.75, 3.05) is 19.0 Å². The van der Waals surface area contributed by atoms with Crippen LogP contribution in [-0.4, -0.2) is 29.2 Å². The lowest BCUT2D eigenvalue weighted by molar-refractivity contribution is -0.120. The van der Waals surface area contributed by atoms with Gasteiger partial charge in [0.05, 0.1) is 12.5 Å². The Morgan fingerprint density at radius 2 is 2.30 bits per heavy atom. The molecule has 0 saturated heterocycles. The number of rotatable bonds is 5. The fraction of sp³-hybridized carbons (Fsp3) is 0.333. The van der Waals surface area contributed by atoms with Crippen LogP contribution in [0.25, 0.3) is 11.4 Å². The monoisotopic (exact) mass is 273 g/mol. The van der Waals surface area contributed by atoms with Crippen molar-refractivity contribution in [3.8, 4) is 11.4 Å². The molecule has 0 aliphatic heterocycles. The predicted molar refractivity (Wildman–Crippen MR) is 78.3 cm³/mol. The molecule has 1 aromatic carbocycles. The van der Waals surface area contributed by atoms with Crippen molar-refractivity contribution < 1.29 is 9.53 Å². The summed E-state index contributed by atoms with van der Waals surface area (Å²) in [5.74, 6) is 0.631. The van der Waals surface area contributed by atoms with E-state index in [4.69, 9.17) is 4.74 Å². The molecule has 0 saturated carbocycles. The number of hydrogen-bond acceptors (Lipinski definition) is 3. The molecule has 0 aliphatic carbocycles. The Balaban J connectivity index is 2.15. The first-order valence-corrected chi connectivity index (χ1v) is 6.49. The van der Waals surface area contributed by atoms with Gasteiger partial charge in [-0.2, -0.15) is 0 Å². The van der Waals surface area contributed by atoms with E-state index in [1.807, 2.05) is 49.0 Å². The summed E-state index contributed by atoms with van der Waals surface area (Å²) >= 11 is 0. The lowest BCUT2D eigenvalue weighted by Crippen LogP contribution is -2.23. The molecule has 1 amide bonds. The molecule has 5 heteroatoms. The molecule has 0 bridgehead atoms.